The number of ether oxygens (including phenoxy) is 1. The normalized spacial score (nSPS) is 25.1. The highest BCUT2D eigenvalue weighted by Gasteiger charge is 2.25. The first-order valence-electron chi connectivity index (χ1n) is 7.23. The van der Waals surface area contributed by atoms with Crippen molar-refractivity contribution in [3.8, 4) is 5.75 Å². The fraction of sp³-hybridized carbons (Fsp3) is 0.625. The second kappa shape index (κ2) is 6.40. The molecule has 0 aliphatic heterocycles. The van der Waals surface area contributed by atoms with Crippen molar-refractivity contribution < 1.29 is 4.74 Å². The van der Waals surface area contributed by atoms with Gasteiger partial charge in [0.15, 0.2) is 0 Å². The van der Waals surface area contributed by atoms with Crippen molar-refractivity contribution in [2.75, 3.05) is 14.2 Å². The molecule has 0 saturated heterocycles. The second-order valence-electron chi connectivity index (χ2n) is 5.66. The molecule has 2 rings (SSSR count). The molecule has 0 aromatic heterocycles. The largest absolute Gasteiger partial charge is 0.496 e. The molecule has 3 heteroatoms. The Kier molecular flexibility index (Phi) is 4.83. The van der Waals surface area contributed by atoms with Crippen molar-refractivity contribution in [3.63, 3.8) is 0 Å². The van der Waals surface area contributed by atoms with E-state index in [1.807, 2.05) is 6.07 Å². The third-order valence-electron chi connectivity index (χ3n) is 4.49. The lowest BCUT2D eigenvalue weighted by atomic mass is 9.79. The highest BCUT2D eigenvalue weighted by Crippen LogP contribution is 2.34. The molecule has 0 spiro atoms. The van der Waals surface area contributed by atoms with Crippen LogP contribution in [0, 0.1) is 12.8 Å². The summed E-state index contributed by atoms with van der Waals surface area (Å²) in [6, 6.07) is 7.15. The highest BCUT2D eigenvalue weighted by atomic mass is 16.5. The van der Waals surface area contributed by atoms with Gasteiger partial charge >= 0.3 is 0 Å². The summed E-state index contributed by atoms with van der Waals surface area (Å²) in [6.45, 7) is 2.08. The zero-order chi connectivity index (χ0) is 13.8. The van der Waals surface area contributed by atoms with E-state index in [-0.39, 0.29) is 6.04 Å². The molecular weight excluding hydrogens is 236 g/mol. The second-order valence-corrected chi connectivity index (χ2v) is 5.66. The van der Waals surface area contributed by atoms with E-state index in [9.17, 15) is 0 Å². The highest BCUT2D eigenvalue weighted by molar-refractivity contribution is 5.37. The standard InChI is InChI=1S/C16H26N2O/c1-11-10-13(6-9-15(11)19-3)16(17)12-4-7-14(18-2)8-5-12/h6,9-10,12,14,16,18H,4-5,7-8,17H2,1-3H3. The molecule has 0 radical (unpaired) electrons. The molecule has 1 atom stereocenters. The van der Waals surface area contributed by atoms with Gasteiger partial charge in [0.25, 0.3) is 0 Å². The van der Waals surface area contributed by atoms with Gasteiger partial charge in [-0.1, -0.05) is 12.1 Å². The smallest absolute Gasteiger partial charge is 0.121 e. The topological polar surface area (TPSA) is 47.3 Å². The predicted molar refractivity (Wildman–Crippen MR) is 79.5 cm³/mol. The fourth-order valence-electron chi connectivity index (χ4n) is 3.15. The summed E-state index contributed by atoms with van der Waals surface area (Å²) in [5.41, 5.74) is 8.86. The molecule has 106 valence electrons. The van der Waals surface area contributed by atoms with E-state index in [0.717, 1.165) is 5.75 Å². The van der Waals surface area contributed by atoms with Crippen LogP contribution in [-0.4, -0.2) is 20.2 Å². The third-order valence-corrected chi connectivity index (χ3v) is 4.49. The summed E-state index contributed by atoms with van der Waals surface area (Å²) in [5.74, 6) is 1.55. The Hall–Kier alpha value is -1.06. The van der Waals surface area contributed by atoms with Gasteiger partial charge in [0.1, 0.15) is 5.75 Å². The van der Waals surface area contributed by atoms with Gasteiger partial charge in [0, 0.05) is 12.1 Å². The maximum atomic E-state index is 6.46. The van der Waals surface area contributed by atoms with Crippen LogP contribution in [0.25, 0.3) is 0 Å². The molecule has 1 fully saturated rings. The van der Waals surface area contributed by atoms with E-state index < -0.39 is 0 Å². The zero-order valence-corrected chi connectivity index (χ0v) is 12.3. The predicted octanol–water partition coefficient (Wildman–Crippen LogP) is 2.78. The van der Waals surface area contributed by atoms with Gasteiger partial charge in [-0.05, 0) is 62.8 Å². The number of benzene rings is 1. The minimum absolute atomic E-state index is 0.155. The first kappa shape index (κ1) is 14.4. The lowest BCUT2D eigenvalue weighted by molar-refractivity contribution is 0.266. The molecule has 0 amide bonds. The third kappa shape index (κ3) is 3.28. The van der Waals surface area contributed by atoms with E-state index in [1.54, 1.807) is 7.11 Å². The van der Waals surface area contributed by atoms with Crippen LogP contribution in [0.15, 0.2) is 18.2 Å². The van der Waals surface area contributed by atoms with Crippen LogP contribution < -0.4 is 15.8 Å². The van der Waals surface area contributed by atoms with E-state index in [4.69, 9.17) is 10.5 Å². The fourth-order valence-corrected chi connectivity index (χ4v) is 3.15. The monoisotopic (exact) mass is 262 g/mol. The molecule has 3 nitrogen and oxygen atoms in total. The SMILES string of the molecule is CNC1CCC(C(N)c2ccc(OC)c(C)c2)CC1. The molecule has 0 heterocycles. The summed E-state index contributed by atoms with van der Waals surface area (Å²) < 4.78 is 5.30. The lowest BCUT2D eigenvalue weighted by Gasteiger charge is -2.32. The Morgan fingerprint density at radius 2 is 1.95 bits per heavy atom. The van der Waals surface area contributed by atoms with E-state index in [1.165, 1.54) is 36.8 Å². The summed E-state index contributed by atoms with van der Waals surface area (Å²) in [4.78, 5) is 0. The van der Waals surface area contributed by atoms with Crippen molar-refractivity contribution in [1.29, 1.82) is 0 Å². The number of rotatable bonds is 4. The van der Waals surface area contributed by atoms with Crippen molar-refractivity contribution in [2.45, 2.75) is 44.7 Å². The molecule has 1 saturated carbocycles. The van der Waals surface area contributed by atoms with Crippen LogP contribution in [0.4, 0.5) is 0 Å². The Morgan fingerprint density at radius 1 is 1.26 bits per heavy atom. The summed E-state index contributed by atoms with van der Waals surface area (Å²) in [6.07, 6.45) is 4.92. The molecule has 3 N–H and O–H groups in total. The Labute approximate surface area is 116 Å². The molecule has 19 heavy (non-hydrogen) atoms. The molecule has 1 unspecified atom stereocenters. The van der Waals surface area contributed by atoms with Gasteiger partial charge in [-0.3, -0.25) is 0 Å². The van der Waals surface area contributed by atoms with Crippen molar-refractivity contribution in [1.82, 2.24) is 5.32 Å². The number of nitrogens with one attached hydrogen (secondary N) is 1. The number of methoxy groups -OCH3 is 1. The Morgan fingerprint density at radius 3 is 2.47 bits per heavy atom. The number of hydrogen-bond donors (Lipinski definition) is 2. The summed E-state index contributed by atoms with van der Waals surface area (Å²) >= 11 is 0. The Bertz CT molecular complexity index is 411. The molecule has 1 aromatic rings. The van der Waals surface area contributed by atoms with E-state index >= 15 is 0 Å². The van der Waals surface area contributed by atoms with Crippen molar-refractivity contribution in [2.24, 2.45) is 11.7 Å². The summed E-state index contributed by atoms with van der Waals surface area (Å²) in [7, 11) is 3.76. The quantitative estimate of drug-likeness (QED) is 0.877. The maximum absolute atomic E-state index is 6.46. The maximum Gasteiger partial charge on any atom is 0.121 e. The minimum Gasteiger partial charge on any atom is -0.496 e. The van der Waals surface area contributed by atoms with Crippen LogP contribution in [-0.2, 0) is 0 Å². The average molecular weight is 262 g/mol. The number of aryl methyl sites for hydroxylation is 1. The molecule has 1 aromatic carbocycles. The first-order valence-corrected chi connectivity index (χ1v) is 7.23. The van der Waals surface area contributed by atoms with Crippen molar-refractivity contribution in [3.05, 3.63) is 29.3 Å². The Balaban J connectivity index is 2.03. The van der Waals surface area contributed by atoms with Crippen LogP contribution >= 0.6 is 0 Å². The van der Waals surface area contributed by atoms with E-state index in [2.05, 4.69) is 31.4 Å². The van der Waals surface area contributed by atoms with E-state index in [0.29, 0.717) is 12.0 Å². The van der Waals surface area contributed by atoms with Crippen LogP contribution in [0.2, 0.25) is 0 Å². The average Bonchev–Trinajstić information content (AvgIpc) is 2.46. The summed E-state index contributed by atoms with van der Waals surface area (Å²) in [5, 5.41) is 3.37. The number of hydrogen-bond acceptors (Lipinski definition) is 3. The zero-order valence-electron chi connectivity index (χ0n) is 12.3. The van der Waals surface area contributed by atoms with Gasteiger partial charge in [0.05, 0.1) is 7.11 Å². The minimum atomic E-state index is 0.155. The lowest BCUT2D eigenvalue weighted by Crippen LogP contribution is -2.33. The molecule has 1 aliphatic rings. The van der Waals surface area contributed by atoms with Gasteiger partial charge in [-0.15, -0.1) is 0 Å². The van der Waals surface area contributed by atoms with Crippen molar-refractivity contribution >= 4 is 0 Å². The number of nitrogens with two attached hydrogens (primary N) is 1. The van der Waals surface area contributed by atoms with Gasteiger partial charge < -0.3 is 15.8 Å². The van der Waals surface area contributed by atoms with Gasteiger partial charge in [0.2, 0.25) is 0 Å². The van der Waals surface area contributed by atoms with Crippen LogP contribution in [0.3, 0.4) is 0 Å². The van der Waals surface area contributed by atoms with Crippen LogP contribution in [0.5, 0.6) is 5.75 Å². The van der Waals surface area contributed by atoms with Crippen LogP contribution in [0.1, 0.15) is 42.9 Å². The molecule has 0 bridgehead atoms. The molecule has 1 aliphatic carbocycles. The van der Waals surface area contributed by atoms with Gasteiger partial charge in [-0.2, -0.15) is 0 Å². The van der Waals surface area contributed by atoms with Gasteiger partial charge in [-0.25, -0.2) is 0 Å². The molecular formula is C16H26N2O. The first-order chi connectivity index (χ1) is 9.15.